The van der Waals surface area contributed by atoms with Gasteiger partial charge in [0.15, 0.2) is 0 Å². The summed E-state index contributed by atoms with van der Waals surface area (Å²) in [7, 11) is 2.47. The SMILES string of the molecule is COC(=O)C(C)(C)CCC(C)(C)OC(=O)Oc1ccc(C(c2ccc(OC)cc2)(C(F)(F)F)C(F)(F)F)cc1. The van der Waals surface area contributed by atoms with Gasteiger partial charge in [-0.15, -0.1) is 0 Å². The summed E-state index contributed by atoms with van der Waals surface area (Å²) >= 11 is 0. The van der Waals surface area contributed by atoms with Crippen LogP contribution in [0.4, 0.5) is 31.1 Å². The Hall–Kier alpha value is -3.44. The van der Waals surface area contributed by atoms with Crippen LogP contribution in [0, 0.1) is 5.41 Å². The van der Waals surface area contributed by atoms with Crippen LogP contribution < -0.4 is 9.47 Å². The molecule has 0 spiro atoms. The average Bonchev–Trinajstić information content (AvgIpc) is 2.82. The van der Waals surface area contributed by atoms with Crippen molar-refractivity contribution >= 4 is 12.1 Å². The lowest BCUT2D eigenvalue weighted by Crippen LogP contribution is -2.54. The van der Waals surface area contributed by atoms with Crippen LogP contribution in [0.3, 0.4) is 0 Å². The van der Waals surface area contributed by atoms with E-state index in [2.05, 4.69) is 0 Å². The van der Waals surface area contributed by atoms with Gasteiger partial charge in [0.05, 0.1) is 19.6 Å². The number of halogens is 6. The average molecular weight is 565 g/mol. The molecule has 0 fully saturated rings. The Kier molecular flexibility index (Phi) is 9.25. The highest BCUT2D eigenvalue weighted by Crippen LogP contribution is 2.56. The van der Waals surface area contributed by atoms with E-state index in [0.717, 1.165) is 24.3 Å². The van der Waals surface area contributed by atoms with E-state index in [1.54, 1.807) is 27.7 Å². The first kappa shape index (κ1) is 31.8. The number of carbonyl (C=O) groups excluding carboxylic acids is 2. The second kappa shape index (κ2) is 11.4. The van der Waals surface area contributed by atoms with Gasteiger partial charge in [-0.05, 0) is 75.9 Å². The predicted molar refractivity (Wildman–Crippen MR) is 129 cm³/mol. The maximum atomic E-state index is 14.3. The summed E-state index contributed by atoms with van der Waals surface area (Å²) in [4.78, 5) is 24.2. The van der Waals surface area contributed by atoms with E-state index in [4.69, 9.17) is 18.9 Å². The molecule has 2 rings (SSSR count). The van der Waals surface area contributed by atoms with Gasteiger partial charge in [0, 0.05) is 0 Å². The Morgan fingerprint density at radius 1 is 0.692 bits per heavy atom. The first-order valence-electron chi connectivity index (χ1n) is 11.7. The molecule has 0 aliphatic carbocycles. The number of hydrogen-bond acceptors (Lipinski definition) is 6. The van der Waals surface area contributed by atoms with Crippen molar-refractivity contribution in [2.75, 3.05) is 14.2 Å². The zero-order valence-electron chi connectivity index (χ0n) is 22.3. The van der Waals surface area contributed by atoms with Gasteiger partial charge in [0.2, 0.25) is 5.41 Å². The zero-order valence-corrected chi connectivity index (χ0v) is 22.3. The second-order valence-corrected chi connectivity index (χ2v) is 10.1. The molecule has 0 atom stereocenters. The van der Waals surface area contributed by atoms with E-state index in [1.165, 1.54) is 14.2 Å². The van der Waals surface area contributed by atoms with Gasteiger partial charge < -0.3 is 18.9 Å². The number of esters is 1. The largest absolute Gasteiger partial charge is 0.514 e. The molecule has 2 aromatic carbocycles. The highest BCUT2D eigenvalue weighted by molar-refractivity contribution is 5.75. The van der Waals surface area contributed by atoms with E-state index in [-0.39, 0.29) is 24.3 Å². The molecule has 0 saturated heterocycles. The maximum Gasteiger partial charge on any atom is 0.514 e. The summed E-state index contributed by atoms with van der Waals surface area (Å²) in [5.74, 6) is -0.706. The number of ether oxygens (including phenoxy) is 4. The minimum absolute atomic E-state index is 0.0797. The van der Waals surface area contributed by atoms with Crippen molar-refractivity contribution in [1.82, 2.24) is 0 Å². The summed E-state index contributed by atoms with van der Waals surface area (Å²) in [6.07, 6.45) is -12.3. The molecule has 12 heteroatoms. The number of rotatable bonds is 9. The highest BCUT2D eigenvalue weighted by atomic mass is 19.4. The van der Waals surface area contributed by atoms with Crippen molar-refractivity contribution in [3.05, 3.63) is 59.7 Å². The first-order chi connectivity index (χ1) is 17.8. The molecule has 0 radical (unpaired) electrons. The van der Waals surface area contributed by atoms with E-state index in [9.17, 15) is 35.9 Å². The molecule has 2 aromatic rings. The van der Waals surface area contributed by atoms with E-state index in [0.29, 0.717) is 24.3 Å². The van der Waals surface area contributed by atoms with Crippen molar-refractivity contribution in [3.8, 4) is 11.5 Å². The van der Waals surface area contributed by atoms with E-state index in [1.807, 2.05) is 0 Å². The van der Waals surface area contributed by atoms with Crippen molar-refractivity contribution < 1.29 is 54.9 Å². The number of benzene rings is 2. The maximum absolute atomic E-state index is 14.3. The Labute approximate surface area is 222 Å². The van der Waals surface area contributed by atoms with Crippen LogP contribution in [0.2, 0.25) is 0 Å². The Balaban J connectivity index is 2.30. The topological polar surface area (TPSA) is 71.1 Å². The first-order valence-corrected chi connectivity index (χ1v) is 11.7. The summed E-state index contributed by atoms with van der Waals surface area (Å²) < 4.78 is 105. The van der Waals surface area contributed by atoms with Gasteiger partial charge in [-0.2, -0.15) is 26.3 Å². The molecule has 0 aromatic heterocycles. The van der Waals surface area contributed by atoms with Crippen LogP contribution >= 0.6 is 0 Å². The molecule has 0 unspecified atom stereocenters. The van der Waals surface area contributed by atoms with Crippen LogP contribution in [-0.2, 0) is 19.7 Å². The number of hydrogen-bond donors (Lipinski definition) is 0. The fourth-order valence-corrected chi connectivity index (χ4v) is 3.98. The normalized spacial score (nSPS) is 13.0. The molecule has 216 valence electrons. The third-order valence-corrected chi connectivity index (χ3v) is 6.31. The van der Waals surface area contributed by atoms with Gasteiger partial charge in [-0.1, -0.05) is 24.3 Å². The molecule has 0 aliphatic heterocycles. The van der Waals surface area contributed by atoms with Crippen molar-refractivity contribution in [2.24, 2.45) is 5.41 Å². The Morgan fingerprint density at radius 2 is 1.13 bits per heavy atom. The minimum Gasteiger partial charge on any atom is -0.497 e. The van der Waals surface area contributed by atoms with Gasteiger partial charge >= 0.3 is 24.5 Å². The lowest BCUT2D eigenvalue weighted by atomic mass is 9.73. The fourth-order valence-electron chi connectivity index (χ4n) is 3.98. The summed E-state index contributed by atoms with van der Waals surface area (Å²) in [5.41, 5.74) is -8.52. The lowest BCUT2D eigenvalue weighted by Gasteiger charge is -2.38. The third kappa shape index (κ3) is 6.96. The Bertz CT molecular complexity index is 1120. The Morgan fingerprint density at radius 3 is 1.51 bits per heavy atom. The molecule has 0 N–H and O–H groups in total. The standard InChI is InChI=1S/C27H30F6O6/c1-23(2,21(34)37-6)15-16-24(3,4)39-22(35)38-20-13-9-18(10-14-20)25(26(28,29)30,27(31,32)33)17-7-11-19(36-5)12-8-17/h7-14H,15-16H2,1-6H3. The molecular formula is C27H30F6O6. The van der Waals surface area contributed by atoms with Crippen molar-refractivity contribution in [3.63, 3.8) is 0 Å². The predicted octanol–water partition coefficient (Wildman–Crippen LogP) is 7.38. The molecule has 0 bridgehead atoms. The minimum atomic E-state index is -5.77. The number of carbonyl (C=O) groups is 2. The molecule has 0 heterocycles. The molecule has 6 nitrogen and oxygen atoms in total. The van der Waals surface area contributed by atoms with Crippen LogP contribution in [0.5, 0.6) is 11.5 Å². The van der Waals surface area contributed by atoms with Crippen LogP contribution in [0.25, 0.3) is 0 Å². The van der Waals surface area contributed by atoms with Gasteiger partial charge in [0.25, 0.3) is 0 Å². The summed E-state index contributed by atoms with van der Waals surface area (Å²) in [5, 5.41) is 0. The highest BCUT2D eigenvalue weighted by Gasteiger charge is 2.72. The summed E-state index contributed by atoms with van der Waals surface area (Å²) in [6, 6.07) is 6.23. The number of methoxy groups -OCH3 is 2. The fraction of sp³-hybridized carbons (Fsp3) is 0.481. The zero-order chi connectivity index (χ0) is 29.9. The smallest absolute Gasteiger partial charge is 0.497 e. The quantitative estimate of drug-likeness (QED) is 0.180. The third-order valence-electron chi connectivity index (χ3n) is 6.31. The van der Waals surface area contributed by atoms with Gasteiger partial charge in [-0.25, -0.2) is 4.79 Å². The van der Waals surface area contributed by atoms with Crippen LogP contribution in [-0.4, -0.2) is 44.3 Å². The molecule has 0 aliphatic rings. The van der Waals surface area contributed by atoms with Crippen molar-refractivity contribution in [1.29, 1.82) is 0 Å². The van der Waals surface area contributed by atoms with Crippen LogP contribution in [0.1, 0.15) is 51.7 Å². The molecule has 39 heavy (non-hydrogen) atoms. The summed E-state index contributed by atoms with van der Waals surface area (Å²) in [6.45, 7) is 6.42. The van der Waals surface area contributed by atoms with Gasteiger partial charge in [-0.3, -0.25) is 4.79 Å². The van der Waals surface area contributed by atoms with Gasteiger partial charge in [0.1, 0.15) is 17.1 Å². The second-order valence-electron chi connectivity index (χ2n) is 10.1. The molecule has 0 saturated carbocycles. The van der Waals surface area contributed by atoms with E-state index >= 15 is 0 Å². The van der Waals surface area contributed by atoms with Crippen molar-refractivity contribution in [2.45, 2.75) is 63.9 Å². The van der Waals surface area contributed by atoms with Crippen LogP contribution in [0.15, 0.2) is 48.5 Å². The molecular weight excluding hydrogens is 534 g/mol. The monoisotopic (exact) mass is 564 g/mol. The number of alkyl halides is 6. The lowest BCUT2D eigenvalue weighted by molar-refractivity contribution is -0.288. The van der Waals surface area contributed by atoms with E-state index < -0.39 is 52.0 Å². The molecule has 0 amide bonds.